The van der Waals surface area contributed by atoms with E-state index in [1.807, 2.05) is 23.1 Å². The second-order valence-electron chi connectivity index (χ2n) is 5.97. The number of aromatic nitrogens is 4. The van der Waals surface area contributed by atoms with Gasteiger partial charge in [-0.3, -0.25) is 9.78 Å². The van der Waals surface area contributed by atoms with E-state index in [4.69, 9.17) is 5.73 Å². The zero-order valence-electron chi connectivity index (χ0n) is 14.3. The van der Waals surface area contributed by atoms with Crippen LogP contribution in [-0.4, -0.2) is 43.8 Å². The van der Waals surface area contributed by atoms with Crippen LogP contribution in [0.2, 0.25) is 0 Å². The van der Waals surface area contributed by atoms with Crippen LogP contribution in [0.3, 0.4) is 0 Å². The van der Waals surface area contributed by atoms with Crippen LogP contribution >= 0.6 is 0 Å². The molecule has 7 heteroatoms. The predicted molar refractivity (Wildman–Crippen MR) is 97.6 cm³/mol. The zero-order valence-corrected chi connectivity index (χ0v) is 14.3. The van der Waals surface area contributed by atoms with Gasteiger partial charge in [0.1, 0.15) is 11.3 Å². The number of carbonyl (C=O) groups is 1. The Labute approximate surface area is 146 Å². The standard InChI is InChI=1S/C11H9N5.C7H13NO/c12-10-7(2-1-4-13-10)9-6-15-8-3-5-14-11(8)16-9;1-7(9)8-5-3-2-4-6-8/h1-6H,(H2,12,13)(H,14,16);2-6H2,1H3. The smallest absolute Gasteiger partial charge is 0.219 e. The molecule has 1 saturated heterocycles. The van der Waals surface area contributed by atoms with Crippen LogP contribution in [0, 0.1) is 0 Å². The molecule has 7 nitrogen and oxygen atoms in total. The fourth-order valence-corrected chi connectivity index (χ4v) is 2.80. The van der Waals surface area contributed by atoms with Crippen LogP contribution < -0.4 is 5.73 Å². The third-order valence-corrected chi connectivity index (χ3v) is 4.18. The lowest BCUT2D eigenvalue weighted by Gasteiger charge is -2.24. The number of hydrogen-bond acceptors (Lipinski definition) is 5. The first-order valence-electron chi connectivity index (χ1n) is 8.41. The molecule has 130 valence electrons. The van der Waals surface area contributed by atoms with Crippen molar-refractivity contribution in [2.75, 3.05) is 18.8 Å². The van der Waals surface area contributed by atoms with Gasteiger partial charge in [0.25, 0.3) is 0 Å². The van der Waals surface area contributed by atoms with E-state index in [9.17, 15) is 4.79 Å². The van der Waals surface area contributed by atoms with E-state index in [0.717, 1.165) is 35.5 Å². The number of amides is 1. The third-order valence-electron chi connectivity index (χ3n) is 4.18. The molecular weight excluding hydrogens is 316 g/mol. The first-order chi connectivity index (χ1) is 12.1. The number of nitrogens with one attached hydrogen (secondary N) is 1. The van der Waals surface area contributed by atoms with Crippen LogP contribution in [0.4, 0.5) is 5.82 Å². The fraction of sp³-hybridized carbons (Fsp3) is 0.333. The minimum absolute atomic E-state index is 0.231. The van der Waals surface area contributed by atoms with Gasteiger partial charge in [0.2, 0.25) is 5.91 Å². The Hall–Kier alpha value is -2.96. The Kier molecular flexibility index (Phi) is 5.23. The van der Waals surface area contributed by atoms with Gasteiger partial charge < -0.3 is 15.6 Å². The third kappa shape index (κ3) is 4.12. The van der Waals surface area contributed by atoms with E-state index in [0.29, 0.717) is 5.82 Å². The highest BCUT2D eigenvalue weighted by atomic mass is 16.2. The molecule has 0 aromatic carbocycles. The second-order valence-corrected chi connectivity index (χ2v) is 5.97. The Morgan fingerprint density at radius 3 is 2.68 bits per heavy atom. The monoisotopic (exact) mass is 338 g/mol. The van der Waals surface area contributed by atoms with E-state index in [1.54, 1.807) is 25.5 Å². The van der Waals surface area contributed by atoms with E-state index >= 15 is 0 Å². The molecule has 1 aliphatic heterocycles. The van der Waals surface area contributed by atoms with Crippen molar-refractivity contribution in [3.05, 3.63) is 36.8 Å². The summed E-state index contributed by atoms with van der Waals surface area (Å²) in [6, 6.07) is 5.58. The maximum atomic E-state index is 10.7. The number of nitrogens with zero attached hydrogens (tertiary/aromatic N) is 4. The minimum atomic E-state index is 0.231. The molecule has 1 amide bonds. The predicted octanol–water partition coefficient (Wildman–Crippen LogP) is 2.62. The van der Waals surface area contributed by atoms with Crippen LogP contribution in [-0.2, 0) is 4.79 Å². The summed E-state index contributed by atoms with van der Waals surface area (Å²) >= 11 is 0. The average Bonchev–Trinajstić information content (AvgIpc) is 3.11. The molecular formula is C18H22N6O. The van der Waals surface area contributed by atoms with E-state index < -0.39 is 0 Å². The quantitative estimate of drug-likeness (QED) is 0.710. The van der Waals surface area contributed by atoms with Gasteiger partial charge in [0.05, 0.1) is 11.9 Å². The molecule has 3 aromatic rings. The van der Waals surface area contributed by atoms with Crippen molar-refractivity contribution in [1.29, 1.82) is 0 Å². The van der Waals surface area contributed by atoms with Crippen molar-refractivity contribution in [2.45, 2.75) is 26.2 Å². The first-order valence-corrected chi connectivity index (χ1v) is 8.41. The maximum Gasteiger partial charge on any atom is 0.219 e. The number of rotatable bonds is 1. The molecule has 1 fully saturated rings. The number of piperidine rings is 1. The van der Waals surface area contributed by atoms with E-state index in [2.05, 4.69) is 19.9 Å². The normalized spacial score (nSPS) is 14.0. The maximum absolute atomic E-state index is 10.7. The summed E-state index contributed by atoms with van der Waals surface area (Å²) in [5.74, 6) is 0.692. The topological polar surface area (TPSA) is 101 Å². The largest absolute Gasteiger partial charge is 0.383 e. The van der Waals surface area contributed by atoms with Crippen molar-refractivity contribution < 1.29 is 4.79 Å². The fourth-order valence-electron chi connectivity index (χ4n) is 2.80. The van der Waals surface area contributed by atoms with Gasteiger partial charge in [-0.2, -0.15) is 0 Å². The molecule has 3 N–H and O–H groups in total. The number of anilines is 1. The Bertz CT molecular complexity index is 853. The second kappa shape index (κ2) is 7.74. The van der Waals surface area contributed by atoms with Gasteiger partial charge in [-0.05, 0) is 37.5 Å². The zero-order chi connectivity index (χ0) is 17.6. The lowest BCUT2D eigenvalue weighted by molar-refractivity contribution is -0.129. The van der Waals surface area contributed by atoms with Crippen molar-refractivity contribution >= 4 is 22.9 Å². The highest BCUT2D eigenvalue weighted by molar-refractivity contribution is 5.77. The summed E-state index contributed by atoms with van der Waals surface area (Å²) in [5.41, 5.74) is 8.89. The van der Waals surface area contributed by atoms with Crippen molar-refractivity contribution in [3.63, 3.8) is 0 Å². The van der Waals surface area contributed by atoms with Crippen LogP contribution in [0.25, 0.3) is 22.4 Å². The van der Waals surface area contributed by atoms with Crippen molar-refractivity contribution in [2.24, 2.45) is 0 Å². The van der Waals surface area contributed by atoms with Gasteiger partial charge in [0.15, 0.2) is 5.65 Å². The SMILES string of the molecule is CC(=O)N1CCCCC1.Nc1ncccc1-c1cnc2cc[nH]c2n1. The number of hydrogen-bond donors (Lipinski definition) is 2. The average molecular weight is 338 g/mol. The highest BCUT2D eigenvalue weighted by Gasteiger charge is 2.11. The number of H-pyrrole nitrogens is 1. The summed E-state index contributed by atoms with van der Waals surface area (Å²) in [7, 11) is 0. The lowest BCUT2D eigenvalue weighted by atomic mass is 10.1. The van der Waals surface area contributed by atoms with E-state index in [-0.39, 0.29) is 5.91 Å². The first kappa shape index (κ1) is 16.9. The summed E-state index contributed by atoms with van der Waals surface area (Å²) in [4.78, 5) is 28.4. The molecule has 0 bridgehead atoms. The van der Waals surface area contributed by atoms with Gasteiger partial charge >= 0.3 is 0 Å². The van der Waals surface area contributed by atoms with Crippen LogP contribution in [0.15, 0.2) is 36.8 Å². The highest BCUT2D eigenvalue weighted by Crippen LogP contribution is 2.22. The number of nitrogens with two attached hydrogens (primary N) is 1. The molecule has 0 unspecified atom stereocenters. The van der Waals surface area contributed by atoms with Crippen molar-refractivity contribution in [1.82, 2.24) is 24.8 Å². The number of aromatic amines is 1. The summed E-state index contributed by atoms with van der Waals surface area (Å²) in [6.07, 6.45) is 8.84. The van der Waals surface area contributed by atoms with Crippen LogP contribution in [0.1, 0.15) is 26.2 Å². The van der Waals surface area contributed by atoms with Gasteiger partial charge in [-0.1, -0.05) is 0 Å². The number of pyridine rings is 1. The molecule has 25 heavy (non-hydrogen) atoms. The Balaban J connectivity index is 0.000000173. The minimum Gasteiger partial charge on any atom is -0.383 e. The molecule has 0 saturated carbocycles. The number of carbonyl (C=O) groups excluding carboxylic acids is 1. The van der Waals surface area contributed by atoms with Crippen LogP contribution in [0.5, 0.6) is 0 Å². The molecule has 0 aliphatic carbocycles. The summed E-state index contributed by atoms with van der Waals surface area (Å²) in [5, 5.41) is 0. The molecule has 4 rings (SSSR count). The summed E-state index contributed by atoms with van der Waals surface area (Å²) < 4.78 is 0. The molecule has 3 aromatic heterocycles. The summed E-state index contributed by atoms with van der Waals surface area (Å²) in [6.45, 7) is 3.61. The van der Waals surface area contributed by atoms with Gasteiger partial charge in [-0.15, -0.1) is 0 Å². The Morgan fingerprint density at radius 1 is 1.20 bits per heavy atom. The molecule has 4 heterocycles. The Morgan fingerprint density at radius 2 is 2.00 bits per heavy atom. The number of likely N-dealkylation sites (tertiary alicyclic amines) is 1. The van der Waals surface area contributed by atoms with Crippen molar-refractivity contribution in [3.8, 4) is 11.3 Å². The van der Waals surface area contributed by atoms with Gasteiger partial charge in [-0.25, -0.2) is 9.97 Å². The van der Waals surface area contributed by atoms with E-state index in [1.165, 1.54) is 19.3 Å². The lowest BCUT2D eigenvalue weighted by Crippen LogP contribution is -2.33. The van der Waals surface area contributed by atoms with Gasteiger partial charge in [0, 0.05) is 38.0 Å². The molecule has 0 radical (unpaired) electrons. The number of nitrogen functional groups attached to an aromatic ring is 1. The molecule has 1 aliphatic rings. The molecule has 0 spiro atoms. The molecule has 0 atom stereocenters. The number of fused-ring (bicyclic) bond motifs is 1.